The molecule has 0 amide bonds. The van der Waals surface area contributed by atoms with Crippen molar-refractivity contribution in [3.05, 3.63) is 198 Å². The molecule has 0 fully saturated rings. The highest BCUT2D eigenvalue weighted by Crippen LogP contribution is 2.63. The summed E-state index contributed by atoms with van der Waals surface area (Å²) in [6.07, 6.45) is 0. The summed E-state index contributed by atoms with van der Waals surface area (Å²) in [4.78, 5) is 15.1. The van der Waals surface area contributed by atoms with Crippen LogP contribution in [0.5, 0.6) is 0 Å². The molecule has 1 aromatic heterocycles. The average molecular weight is 649 g/mol. The lowest BCUT2D eigenvalue weighted by molar-refractivity contribution is 0.793. The Kier molecular flexibility index (Phi) is 6.43. The van der Waals surface area contributed by atoms with Gasteiger partial charge in [0.2, 0.25) is 0 Å². The van der Waals surface area contributed by atoms with E-state index in [1.165, 1.54) is 33.4 Å². The maximum absolute atomic E-state index is 10.1. The zero-order valence-electron chi connectivity index (χ0n) is 27.5. The molecule has 0 unspecified atom stereocenters. The highest BCUT2D eigenvalue weighted by molar-refractivity contribution is 5.96. The van der Waals surface area contributed by atoms with Gasteiger partial charge in [0.25, 0.3) is 0 Å². The van der Waals surface area contributed by atoms with Crippen LogP contribution in [-0.4, -0.2) is 15.0 Å². The summed E-state index contributed by atoms with van der Waals surface area (Å²) < 4.78 is 0. The molecule has 4 nitrogen and oxygen atoms in total. The third-order valence-corrected chi connectivity index (χ3v) is 10.4. The van der Waals surface area contributed by atoms with Gasteiger partial charge in [-0.15, -0.1) is 0 Å². The first-order chi connectivity index (χ1) is 25.2. The zero-order chi connectivity index (χ0) is 33.9. The van der Waals surface area contributed by atoms with Crippen molar-refractivity contribution >= 4 is 0 Å². The lowest BCUT2D eigenvalue weighted by Crippen LogP contribution is -2.26. The van der Waals surface area contributed by atoms with Gasteiger partial charge in [0.15, 0.2) is 17.5 Å². The van der Waals surface area contributed by atoms with Crippen molar-refractivity contribution in [2.75, 3.05) is 0 Å². The van der Waals surface area contributed by atoms with E-state index in [0.29, 0.717) is 23.0 Å². The van der Waals surface area contributed by atoms with Crippen molar-refractivity contribution < 1.29 is 0 Å². The third kappa shape index (κ3) is 4.29. The van der Waals surface area contributed by atoms with Crippen LogP contribution in [-0.2, 0) is 5.41 Å². The van der Waals surface area contributed by atoms with Gasteiger partial charge >= 0.3 is 0 Å². The Morgan fingerprint density at radius 3 is 1.39 bits per heavy atom. The molecule has 0 radical (unpaired) electrons. The first kappa shape index (κ1) is 29.0. The van der Waals surface area contributed by atoms with E-state index in [2.05, 4.69) is 103 Å². The van der Waals surface area contributed by atoms with E-state index in [1.54, 1.807) is 0 Å². The SMILES string of the molecule is N#Cc1ccc2c(c1)C1(c3ccccc3-c3ccccc31)c1cc(-c3ccccc3-c3nc(-c4ccccc4)nc(-c4ccccc4)n3)ccc1-2. The number of hydrogen-bond acceptors (Lipinski definition) is 4. The molecule has 1 heterocycles. The van der Waals surface area contributed by atoms with Gasteiger partial charge in [-0.2, -0.15) is 5.26 Å². The number of aromatic nitrogens is 3. The number of fused-ring (bicyclic) bond motifs is 10. The van der Waals surface area contributed by atoms with Gasteiger partial charge in [0.1, 0.15) is 0 Å². The van der Waals surface area contributed by atoms with Crippen LogP contribution in [0.2, 0.25) is 0 Å². The standard InChI is InChI=1S/C47H28N4/c48-29-30-23-25-37-38-26-24-33(28-43(38)47(42(37)27-30)40-21-11-9-18-35(40)36-19-10-12-22-41(36)47)34-17-7-8-20-39(34)46-50-44(31-13-3-1-4-14-31)49-45(51-46)32-15-5-2-6-16-32/h1-28H. The van der Waals surface area contributed by atoms with E-state index in [-0.39, 0.29) is 0 Å². The molecule has 4 heteroatoms. The van der Waals surface area contributed by atoms with Crippen molar-refractivity contribution in [3.63, 3.8) is 0 Å². The Balaban J connectivity index is 1.22. The van der Waals surface area contributed by atoms with Gasteiger partial charge in [0, 0.05) is 16.7 Å². The molecule has 0 atom stereocenters. The Hall–Kier alpha value is -6.96. The molecule has 10 rings (SSSR count). The second-order valence-electron chi connectivity index (χ2n) is 13.1. The Morgan fingerprint density at radius 1 is 0.353 bits per heavy atom. The summed E-state index contributed by atoms with van der Waals surface area (Å²) in [6.45, 7) is 0. The number of rotatable bonds is 4. The summed E-state index contributed by atoms with van der Waals surface area (Å²) in [5.74, 6) is 1.88. The fraction of sp³-hybridized carbons (Fsp3) is 0.0213. The third-order valence-electron chi connectivity index (χ3n) is 10.4. The molecular formula is C47H28N4. The minimum absolute atomic E-state index is 0.566. The minimum atomic E-state index is -0.566. The largest absolute Gasteiger partial charge is 0.208 e. The molecule has 0 bridgehead atoms. The maximum atomic E-state index is 10.1. The number of nitriles is 1. The molecule has 1 spiro atoms. The Morgan fingerprint density at radius 2 is 0.804 bits per heavy atom. The molecular weight excluding hydrogens is 621 g/mol. The van der Waals surface area contributed by atoms with Gasteiger partial charge in [-0.1, -0.05) is 152 Å². The van der Waals surface area contributed by atoms with Crippen molar-refractivity contribution in [2.24, 2.45) is 0 Å². The van der Waals surface area contributed by atoms with E-state index in [0.717, 1.165) is 38.9 Å². The second kappa shape index (κ2) is 11.3. The monoisotopic (exact) mass is 648 g/mol. The van der Waals surface area contributed by atoms with Gasteiger partial charge in [-0.3, -0.25) is 0 Å². The summed E-state index contributed by atoms with van der Waals surface area (Å²) in [5.41, 5.74) is 14.6. The summed E-state index contributed by atoms with van der Waals surface area (Å²) >= 11 is 0. The van der Waals surface area contributed by atoms with Crippen LogP contribution >= 0.6 is 0 Å². The van der Waals surface area contributed by atoms with Crippen LogP contribution in [0.25, 0.3) is 67.5 Å². The molecule has 236 valence electrons. The van der Waals surface area contributed by atoms with Gasteiger partial charge in [-0.25, -0.2) is 15.0 Å². The van der Waals surface area contributed by atoms with E-state index >= 15 is 0 Å². The smallest absolute Gasteiger partial charge is 0.164 e. The Bertz CT molecular complexity index is 2600. The van der Waals surface area contributed by atoms with E-state index in [9.17, 15) is 5.26 Å². The van der Waals surface area contributed by atoms with Crippen molar-refractivity contribution in [1.82, 2.24) is 15.0 Å². The Labute approximate surface area is 296 Å². The van der Waals surface area contributed by atoms with Gasteiger partial charge in [0.05, 0.1) is 17.0 Å². The second-order valence-corrected chi connectivity index (χ2v) is 13.1. The fourth-order valence-electron chi connectivity index (χ4n) is 8.24. The molecule has 0 saturated heterocycles. The van der Waals surface area contributed by atoms with Crippen molar-refractivity contribution in [3.8, 4) is 73.6 Å². The first-order valence-electron chi connectivity index (χ1n) is 17.1. The zero-order valence-corrected chi connectivity index (χ0v) is 27.5. The summed E-state index contributed by atoms with van der Waals surface area (Å²) in [7, 11) is 0. The van der Waals surface area contributed by atoms with Gasteiger partial charge in [-0.05, 0) is 73.8 Å². The lowest BCUT2D eigenvalue weighted by atomic mass is 9.70. The normalized spacial score (nSPS) is 12.8. The van der Waals surface area contributed by atoms with E-state index in [1.807, 2.05) is 72.8 Å². The average Bonchev–Trinajstić information content (AvgIpc) is 3.68. The van der Waals surface area contributed by atoms with Crippen molar-refractivity contribution in [2.45, 2.75) is 5.41 Å². The highest BCUT2D eigenvalue weighted by atomic mass is 15.0. The summed E-state index contributed by atoms with van der Waals surface area (Å²) in [5, 5.41) is 10.1. The predicted octanol–water partition coefficient (Wildman–Crippen LogP) is 10.8. The molecule has 2 aliphatic rings. The highest BCUT2D eigenvalue weighted by Gasteiger charge is 2.51. The minimum Gasteiger partial charge on any atom is -0.208 e. The van der Waals surface area contributed by atoms with Crippen molar-refractivity contribution in [1.29, 1.82) is 5.26 Å². The van der Waals surface area contributed by atoms with Crippen LogP contribution in [0.4, 0.5) is 0 Å². The molecule has 0 saturated carbocycles. The topological polar surface area (TPSA) is 62.5 Å². The van der Waals surface area contributed by atoms with Crippen LogP contribution in [0.3, 0.4) is 0 Å². The summed E-state index contributed by atoms with van der Waals surface area (Å²) in [6, 6.07) is 61.4. The number of benzene rings is 7. The molecule has 0 aliphatic heterocycles. The molecule has 2 aliphatic carbocycles. The van der Waals surface area contributed by atoms with E-state index in [4.69, 9.17) is 15.0 Å². The first-order valence-corrected chi connectivity index (χ1v) is 17.1. The predicted molar refractivity (Wildman–Crippen MR) is 203 cm³/mol. The number of hydrogen-bond donors (Lipinski definition) is 0. The van der Waals surface area contributed by atoms with Crippen LogP contribution in [0, 0.1) is 11.3 Å². The molecule has 51 heavy (non-hydrogen) atoms. The van der Waals surface area contributed by atoms with Gasteiger partial charge < -0.3 is 0 Å². The van der Waals surface area contributed by atoms with Crippen LogP contribution in [0.15, 0.2) is 170 Å². The van der Waals surface area contributed by atoms with Crippen LogP contribution in [0.1, 0.15) is 27.8 Å². The maximum Gasteiger partial charge on any atom is 0.164 e. The molecule has 7 aromatic carbocycles. The lowest BCUT2D eigenvalue weighted by Gasteiger charge is -2.31. The molecule has 0 N–H and O–H groups in total. The quantitative estimate of drug-likeness (QED) is 0.191. The molecule has 8 aromatic rings. The van der Waals surface area contributed by atoms with Crippen LogP contribution < -0.4 is 0 Å². The fourth-order valence-corrected chi connectivity index (χ4v) is 8.24. The van der Waals surface area contributed by atoms with E-state index < -0.39 is 5.41 Å². The number of nitrogens with zero attached hydrogens (tertiary/aromatic N) is 4.